The Kier molecular flexibility index (Phi) is 10.8. The summed E-state index contributed by atoms with van der Waals surface area (Å²) in [5, 5.41) is 20.2. The summed E-state index contributed by atoms with van der Waals surface area (Å²) in [6, 6.07) is 8.57. The largest absolute Gasteiger partial charge is 0.490 e. The quantitative estimate of drug-likeness (QED) is 0.194. The number of hydrogen-bond donors (Lipinski definition) is 5. The van der Waals surface area contributed by atoms with Crippen molar-refractivity contribution in [1.82, 2.24) is 19.9 Å². The minimum absolute atomic E-state index is 0.00912. The molecule has 1 aliphatic heterocycles. The molecule has 1 aliphatic rings. The summed E-state index contributed by atoms with van der Waals surface area (Å²) in [6.07, 6.45) is -7.39. The number of rotatable bonds is 5. The van der Waals surface area contributed by atoms with Crippen LogP contribution in [0, 0.1) is 5.82 Å². The minimum Gasteiger partial charge on any atom is -0.475 e. The number of aliphatic carboxylic acids is 2. The fourth-order valence-corrected chi connectivity index (χ4v) is 3.27. The van der Waals surface area contributed by atoms with Crippen molar-refractivity contribution >= 4 is 52.0 Å². The van der Waals surface area contributed by atoms with Gasteiger partial charge >= 0.3 is 30.0 Å². The van der Waals surface area contributed by atoms with Gasteiger partial charge in [0.2, 0.25) is 5.95 Å². The van der Waals surface area contributed by atoms with Gasteiger partial charge in [0, 0.05) is 36.7 Å². The van der Waals surface area contributed by atoms with E-state index in [1.165, 1.54) is 0 Å². The van der Waals surface area contributed by atoms with Crippen LogP contribution in [0.25, 0.3) is 11.1 Å². The lowest BCUT2D eigenvalue weighted by Gasteiger charge is -2.28. The number of H-pyrrole nitrogens is 1. The van der Waals surface area contributed by atoms with E-state index in [9.17, 15) is 35.5 Å². The maximum absolute atomic E-state index is 14.3. The molecule has 1 saturated heterocycles. The summed E-state index contributed by atoms with van der Waals surface area (Å²) in [4.78, 5) is 46.4. The fourth-order valence-electron chi connectivity index (χ4n) is 3.27. The van der Waals surface area contributed by atoms with Gasteiger partial charge in [0.05, 0.1) is 24.9 Å². The first-order chi connectivity index (χ1) is 21.0. The molecule has 0 aliphatic carbocycles. The molecule has 0 saturated carbocycles. The number of halogens is 7. The monoisotopic (exact) mass is 651 g/mol. The van der Waals surface area contributed by atoms with Crippen LogP contribution in [-0.4, -0.2) is 80.7 Å². The maximum atomic E-state index is 14.3. The van der Waals surface area contributed by atoms with E-state index in [1.54, 1.807) is 30.5 Å². The number of morpholine rings is 1. The van der Waals surface area contributed by atoms with Crippen LogP contribution in [0.15, 0.2) is 51.9 Å². The molecule has 3 aromatic heterocycles. The predicted molar refractivity (Wildman–Crippen MR) is 140 cm³/mol. The van der Waals surface area contributed by atoms with E-state index in [0.717, 1.165) is 30.8 Å². The molecule has 0 radical (unpaired) electrons. The molecule has 4 heterocycles. The molecule has 5 rings (SSSR count). The van der Waals surface area contributed by atoms with Crippen LogP contribution in [0.2, 0.25) is 0 Å². The lowest BCUT2D eigenvalue weighted by atomic mass is 10.3. The van der Waals surface area contributed by atoms with Crippen molar-refractivity contribution in [3.05, 3.63) is 59.1 Å². The number of nitrogens with zero attached hydrogens (tertiary/aromatic N) is 4. The highest BCUT2D eigenvalue weighted by Crippen LogP contribution is 2.24. The van der Waals surface area contributed by atoms with Crippen molar-refractivity contribution in [2.75, 3.05) is 41.8 Å². The molecule has 242 valence electrons. The number of hydrogen-bond acceptors (Lipinski definition) is 11. The summed E-state index contributed by atoms with van der Waals surface area (Å²) in [7, 11) is 0. The van der Waals surface area contributed by atoms with Crippen molar-refractivity contribution < 1.29 is 59.7 Å². The molecule has 4 aromatic rings. The number of carboxylic acid groups (broad SMARTS) is 2. The normalized spacial score (nSPS) is 13.2. The lowest BCUT2D eigenvalue weighted by Crippen LogP contribution is -2.36. The molecule has 45 heavy (non-hydrogen) atoms. The highest BCUT2D eigenvalue weighted by Gasteiger charge is 2.38. The van der Waals surface area contributed by atoms with Gasteiger partial charge < -0.3 is 34.9 Å². The van der Waals surface area contributed by atoms with E-state index in [0.29, 0.717) is 30.0 Å². The molecular weight excluding hydrogens is 631 g/mol. The highest BCUT2D eigenvalue weighted by molar-refractivity contribution is 5.78. The number of anilines is 5. The number of pyridine rings is 1. The van der Waals surface area contributed by atoms with Crippen LogP contribution in [0.3, 0.4) is 0 Å². The Morgan fingerprint density at radius 2 is 1.51 bits per heavy atom. The zero-order chi connectivity index (χ0) is 33.4. The summed E-state index contributed by atoms with van der Waals surface area (Å²) in [5.41, 5.74) is 2.17. The number of aromatic amines is 1. The van der Waals surface area contributed by atoms with Gasteiger partial charge in [0.25, 0.3) is 0 Å². The van der Waals surface area contributed by atoms with E-state index in [1.807, 2.05) is 6.07 Å². The molecule has 14 nitrogen and oxygen atoms in total. The second-order valence-electron chi connectivity index (χ2n) is 8.47. The predicted octanol–water partition coefficient (Wildman–Crippen LogP) is 4.04. The SMILES string of the molecule is O=C(O)C(F)(F)F.O=C(O)C(F)(F)F.O=c1[nH]c2cc(Nc3nc(Nc4ccnc(N5CCOCC5)c4)ncc3F)ccc2o1. The summed E-state index contributed by atoms with van der Waals surface area (Å²) in [5.74, 6) is -5.65. The number of carboxylic acids is 2. The number of aromatic nitrogens is 4. The zero-order valence-corrected chi connectivity index (χ0v) is 22.2. The Morgan fingerprint density at radius 3 is 2.11 bits per heavy atom. The highest BCUT2D eigenvalue weighted by atomic mass is 19.4. The second-order valence-corrected chi connectivity index (χ2v) is 8.47. The Hall–Kier alpha value is -5.47. The summed E-state index contributed by atoms with van der Waals surface area (Å²) in [6.45, 7) is 2.86. The minimum atomic E-state index is -5.08. The third kappa shape index (κ3) is 10.3. The fraction of sp³-hybridized carbons (Fsp3) is 0.250. The third-order valence-corrected chi connectivity index (χ3v) is 5.25. The first-order valence-electron chi connectivity index (χ1n) is 12.1. The van der Waals surface area contributed by atoms with E-state index < -0.39 is 35.9 Å². The van der Waals surface area contributed by atoms with Crippen molar-refractivity contribution in [3.63, 3.8) is 0 Å². The molecular formula is C24H20F7N7O7. The first-order valence-corrected chi connectivity index (χ1v) is 12.1. The number of alkyl halides is 6. The van der Waals surface area contributed by atoms with Crippen LogP contribution in [0.5, 0.6) is 0 Å². The molecule has 0 spiro atoms. The van der Waals surface area contributed by atoms with Gasteiger partial charge in [-0.05, 0) is 24.3 Å². The Balaban J connectivity index is 0.000000331. The first kappa shape index (κ1) is 34.0. The molecule has 1 fully saturated rings. The van der Waals surface area contributed by atoms with E-state index in [4.69, 9.17) is 29.0 Å². The molecule has 5 N–H and O–H groups in total. The zero-order valence-electron chi connectivity index (χ0n) is 22.2. The molecule has 0 bridgehead atoms. The topological polar surface area (TPSA) is 196 Å². The van der Waals surface area contributed by atoms with Crippen molar-refractivity contribution in [2.24, 2.45) is 0 Å². The van der Waals surface area contributed by atoms with Crippen LogP contribution in [-0.2, 0) is 14.3 Å². The van der Waals surface area contributed by atoms with Gasteiger partial charge in [-0.2, -0.15) is 31.3 Å². The van der Waals surface area contributed by atoms with Crippen molar-refractivity contribution in [2.45, 2.75) is 12.4 Å². The van der Waals surface area contributed by atoms with Gasteiger partial charge in [-0.25, -0.2) is 28.7 Å². The van der Waals surface area contributed by atoms with Crippen LogP contribution in [0.1, 0.15) is 0 Å². The number of benzene rings is 1. The van der Waals surface area contributed by atoms with E-state index >= 15 is 0 Å². The van der Waals surface area contributed by atoms with Gasteiger partial charge in [-0.3, -0.25) is 4.98 Å². The van der Waals surface area contributed by atoms with Crippen LogP contribution in [0.4, 0.5) is 59.7 Å². The molecule has 0 unspecified atom stereocenters. The standard InChI is InChI=1S/C20H18FN7O3.2C2HF3O2/c21-14-11-23-19(25-13-3-4-22-17(10-13)28-5-7-30-8-6-28)27-18(14)24-12-1-2-16-15(9-12)26-20(29)31-16;2*3-2(4,5)1(6)7/h1-4,9-11H,5-8H2,(H,26,29)(H2,22,23,24,25,27);2*(H,6,7). The average Bonchev–Trinajstić information content (AvgIpc) is 3.34. The summed E-state index contributed by atoms with van der Waals surface area (Å²) < 4.78 is 88.1. The van der Waals surface area contributed by atoms with Crippen LogP contribution < -0.4 is 21.3 Å². The van der Waals surface area contributed by atoms with Gasteiger partial charge in [0.15, 0.2) is 17.2 Å². The molecule has 1 aromatic carbocycles. The van der Waals surface area contributed by atoms with Gasteiger partial charge in [-0.15, -0.1) is 0 Å². The lowest BCUT2D eigenvalue weighted by molar-refractivity contribution is -0.193. The van der Waals surface area contributed by atoms with Gasteiger partial charge in [0.1, 0.15) is 5.82 Å². The Morgan fingerprint density at radius 1 is 0.911 bits per heavy atom. The van der Waals surface area contributed by atoms with E-state index in [-0.39, 0.29) is 11.8 Å². The van der Waals surface area contributed by atoms with Crippen molar-refractivity contribution in [1.29, 1.82) is 0 Å². The molecule has 0 amide bonds. The summed E-state index contributed by atoms with van der Waals surface area (Å²) >= 11 is 0. The third-order valence-electron chi connectivity index (χ3n) is 5.25. The van der Waals surface area contributed by atoms with Gasteiger partial charge in [-0.1, -0.05) is 0 Å². The molecule has 0 atom stereocenters. The number of ether oxygens (including phenoxy) is 1. The number of oxazole rings is 1. The van der Waals surface area contributed by atoms with Crippen molar-refractivity contribution in [3.8, 4) is 0 Å². The number of nitrogens with one attached hydrogen (secondary N) is 3. The number of carbonyl (C=O) groups is 2. The Labute approximate surface area is 245 Å². The number of fused-ring (bicyclic) bond motifs is 1. The maximum Gasteiger partial charge on any atom is 0.490 e. The smallest absolute Gasteiger partial charge is 0.475 e. The second kappa shape index (κ2) is 14.3. The average molecular weight is 651 g/mol. The van der Waals surface area contributed by atoms with Crippen LogP contribution >= 0.6 is 0 Å². The van der Waals surface area contributed by atoms with E-state index in [2.05, 4.69) is 35.5 Å². The Bertz CT molecular complexity index is 1660. The molecule has 21 heteroatoms.